The molecule has 3 N–H and O–H groups in total. The van der Waals surface area contributed by atoms with Gasteiger partial charge < -0.3 is 25.4 Å². The van der Waals surface area contributed by atoms with E-state index in [-0.39, 0.29) is 23.9 Å². The molecule has 154 valence electrons. The first-order chi connectivity index (χ1) is 13.7. The zero-order valence-electron chi connectivity index (χ0n) is 16.4. The summed E-state index contributed by atoms with van der Waals surface area (Å²) in [6.07, 6.45) is 6.37. The third-order valence-electron chi connectivity index (χ3n) is 6.03. The molecule has 8 nitrogen and oxygen atoms in total. The van der Waals surface area contributed by atoms with Gasteiger partial charge in [-0.05, 0) is 38.5 Å². The van der Waals surface area contributed by atoms with Crippen molar-refractivity contribution in [2.75, 3.05) is 32.7 Å². The van der Waals surface area contributed by atoms with Gasteiger partial charge in [-0.25, -0.2) is 0 Å². The maximum atomic E-state index is 12.4. The highest BCUT2D eigenvalue weighted by Gasteiger charge is 2.30. The summed E-state index contributed by atoms with van der Waals surface area (Å²) < 4.78 is 5.26. The molecule has 1 saturated heterocycles. The van der Waals surface area contributed by atoms with E-state index in [2.05, 4.69) is 26.0 Å². The van der Waals surface area contributed by atoms with Crippen LogP contribution < -0.4 is 16.0 Å². The van der Waals surface area contributed by atoms with Gasteiger partial charge in [0.25, 0.3) is 5.91 Å². The quantitative estimate of drug-likeness (QED) is 0.644. The summed E-state index contributed by atoms with van der Waals surface area (Å²) in [5.41, 5.74) is 0.380. The zero-order chi connectivity index (χ0) is 19.3. The maximum Gasteiger partial charge on any atom is 0.273 e. The van der Waals surface area contributed by atoms with Crippen LogP contribution in [0.4, 0.5) is 0 Å². The van der Waals surface area contributed by atoms with E-state index in [1.807, 2.05) is 0 Å². The molecule has 0 aromatic carbocycles. The van der Waals surface area contributed by atoms with Crippen molar-refractivity contribution in [2.24, 2.45) is 0 Å². The number of hydrogen-bond donors (Lipinski definition) is 3. The number of piperazine rings is 1. The molecule has 1 aromatic heterocycles. The van der Waals surface area contributed by atoms with Gasteiger partial charge in [-0.1, -0.05) is 5.16 Å². The van der Waals surface area contributed by atoms with Crippen LogP contribution in [0.25, 0.3) is 0 Å². The van der Waals surface area contributed by atoms with E-state index in [1.54, 1.807) is 6.07 Å². The number of aromatic nitrogens is 1. The van der Waals surface area contributed by atoms with Crippen molar-refractivity contribution in [2.45, 2.75) is 62.9 Å². The van der Waals surface area contributed by atoms with Gasteiger partial charge in [-0.3, -0.25) is 9.59 Å². The number of amides is 2. The molecule has 3 aliphatic rings. The molecule has 8 heteroatoms. The van der Waals surface area contributed by atoms with E-state index < -0.39 is 0 Å². The average molecular weight is 390 g/mol. The summed E-state index contributed by atoms with van der Waals surface area (Å²) in [5, 5.41) is 13.5. The molecule has 3 fully saturated rings. The Morgan fingerprint density at radius 2 is 1.75 bits per heavy atom. The van der Waals surface area contributed by atoms with Crippen molar-refractivity contribution in [3.05, 3.63) is 17.5 Å². The first-order valence-electron chi connectivity index (χ1n) is 10.7. The Labute approximate surface area is 165 Å². The molecule has 2 saturated carbocycles. The lowest BCUT2D eigenvalue weighted by Gasteiger charge is -2.30. The van der Waals surface area contributed by atoms with Crippen LogP contribution in [-0.4, -0.2) is 66.7 Å². The third kappa shape index (κ3) is 5.32. The van der Waals surface area contributed by atoms with Crippen molar-refractivity contribution in [3.63, 3.8) is 0 Å². The summed E-state index contributed by atoms with van der Waals surface area (Å²) in [6, 6.07) is 2.14. The molecular weight excluding hydrogens is 358 g/mol. The first-order valence-corrected chi connectivity index (χ1v) is 10.7. The standard InChI is InChI=1S/C20H31N5O3/c26-19(7-10-25-11-8-21-9-12-25)22-15-3-5-16(6-4-15)23-20(27)17-13-18(28-24-17)14-1-2-14/h13-16,21H,1-12H2,(H,22,26)(H,23,27)/t15-,16-. The summed E-state index contributed by atoms with van der Waals surface area (Å²) in [6.45, 7) is 4.89. The van der Waals surface area contributed by atoms with E-state index in [9.17, 15) is 9.59 Å². The lowest BCUT2D eigenvalue weighted by Crippen LogP contribution is -2.46. The van der Waals surface area contributed by atoms with Gasteiger partial charge in [0, 0.05) is 63.2 Å². The molecule has 28 heavy (non-hydrogen) atoms. The molecule has 1 aromatic rings. The Morgan fingerprint density at radius 3 is 2.43 bits per heavy atom. The van der Waals surface area contributed by atoms with Crippen LogP contribution in [0.1, 0.15) is 67.1 Å². The van der Waals surface area contributed by atoms with Gasteiger partial charge in [0.2, 0.25) is 5.91 Å². The fraction of sp³-hybridized carbons (Fsp3) is 0.750. The van der Waals surface area contributed by atoms with E-state index >= 15 is 0 Å². The Morgan fingerprint density at radius 1 is 1.07 bits per heavy atom. The molecule has 2 aliphatic carbocycles. The number of nitrogens with one attached hydrogen (secondary N) is 3. The number of carbonyl (C=O) groups is 2. The van der Waals surface area contributed by atoms with Gasteiger partial charge in [-0.2, -0.15) is 0 Å². The molecule has 0 radical (unpaired) electrons. The molecule has 0 unspecified atom stereocenters. The van der Waals surface area contributed by atoms with Crippen molar-refractivity contribution >= 4 is 11.8 Å². The van der Waals surface area contributed by atoms with Crippen LogP contribution in [0, 0.1) is 0 Å². The minimum atomic E-state index is -0.154. The Kier molecular flexibility index (Phi) is 6.26. The van der Waals surface area contributed by atoms with E-state index in [0.29, 0.717) is 18.0 Å². The Bertz CT molecular complexity index is 673. The highest BCUT2D eigenvalue weighted by Crippen LogP contribution is 2.40. The van der Waals surface area contributed by atoms with Crippen molar-refractivity contribution in [3.8, 4) is 0 Å². The van der Waals surface area contributed by atoms with Crippen molar-refractivity contribution < 1.29 is 14.1 Å². The summed E-state index contributed by atoms with van der Waals surface area (Å²) in [7, 11) is 0. The average Bonchev–Trinajstić information content (AvgIpc) is 3.45. The molecule has 4 rings (SSSR count). The maximum absolute atomic E-state index is 12.4. The van der Waals surface area contributed by atoms with Crippen molar-refractivity contribution in [1.29, 1.82) is 0 Å². The Hall–Kier alpha value is -1.93. The number of hydrogen-bond acceptors (Lipinski definition) is 6. The minimum absolute atomic E-state index is 0.140. The monoisotopic (exact) mass is 389 g/mol. The normalized spacial score (nSPS) is 26.0. The van der Waals surface area contributed by atoms with Crippen LogP contribution >= 0.6 is 0 Å². The second-order valence-corrected chi connectivity index (χ2v) is 8.32. The highest BCUT2D eigenvalue weighted by molar-refractivity contribution is 5.92. The molecule has 2 heterocycles. The van der Waals surface area contributed by atoms with Crippen LogP contribution in [0.5, 0.6) is 0 Å². The van der Waals surface area contributed by atoms with Gasteiger partial charge in [0.15, 0.2) is 5.69 Å². The fourth-order valence-corrected chi connectivity index (χ4v) is 4.09. The minimum Gasteiger partial charge on any atom is -0.360 e. The SMILES string of the molecule is O=C(CCN1CCNCC1)N[C@H]1CC[C@H](NC(=O)c2cc(C3CC3)on2)CC1. The molecule has 0 bridgehead atoms. The predicted octanol–water partition coefficient (Wildman–Crippen LogP) is 1.00. The number of nitrogens with zero attached hydrogens (tertiary/aromatic N) is 2. The first kappa shape index (κ1) is 19.4. The van der Waals surface area contributed by atoms with Crippen LogP contribution in [0.15, 0.2) is 10.6 Å². The summed E-state index contributed by atoms with van der Waals surface area (Å²) in [4.78, 5) is 26.9. The molecule has 0 spiro atoms. The molecule has 1 aliphatic heterocycles. The van der Waals surface area contributed by atoms with Gasteiger partial charge in [0.1, 0.15) is 5.76 Å². The second-order valence-electron chi connectivity index (χ2n) is 8.32. The topological polar surface area (TPSA) is 99.5 Å². The molecule has 2 amide bonds. The van der Waals surface area contributed by atoms with Crippen LogP contribution in [0.2, 0.25) is 0 Å². The van der Waals surface area contributed by atoms with E-state index in [0.717, 1.165) is 77.0 Å². The highest BCUT2D eigenvalue weighted by atomic mass is 16.5. The van der Waals surface area contributed by atoms with Gasteiger partial charge in [-0.15, -0.1) is 0 Å². The number of rotatable bonds is 7. The second kappa shape index (κ2) is 9.05. The predicted molar refractivity (Wildman–Crippen MR) is 104 cm³/mol. The van der Waals surface area contributed by atoms with Gasteiger partial charge >= 0.3 is 0 Å². The third-order valence-corrected chi connectivity index (χ3v) is 6.03. The van der Waals surface area contributed by atoms with Crippen LogP contribution in [-0.2, 0) is 4.79 Å². The van der Waals surface area contributed by atoms with E-state index in [4.69, 9.17) is 4.52 Å². The largest absolute Gasteiger partial charge is 0.360 e. The lowest BCUT2D eigenvalue weighted by atomic mass is 9.91. The Balaban J connectivity index is 1.13. The van der Waals surface area contributed by atoms with Crippen LogP contribution in [0.3, 0.4) is 0 Å². The molecule has 0 atom stereocenters. The lowest BCUT2D eigenvalue weighted by molar-refractivity contribution is -0.122. The smallest absolute Gasteiger partial charge is 0.273 e. The molecular formula is C20H31N5O3. The van der Waals surface area contributed by atoms with Crippen molar-refractivity contribution in [1.82, 2.24) is 26.0 Å². The van der Waals surface area contributed by atoms with E-state index in [1.165, 1.54) is 0 Å². The van der Waals surface area contributed by atoms with Gasteiger partial charge in [0.05, 0.1) is 0 Å². The zero-order valence-corrected chi connectivity index (χ0v) is 16.4. The summed E-state index contributed by atoms with van der Waals surface area (Å²) >= 11 is 0. The fourth-order valence-electron chi connectivity index (χ4n) is 4.09. The number of carbonyl (C=O) groups excluding carboxylic acids is 2. The summed E-state index contributed by atoms with van der Waals surface area (Å²) in [5.74, 6) is 1.28.